The smallest absolute Gasteiger partial charge is 0.247 e. The largest absolute Gasteiger partial charge is 0.412 e. The molecule has 0 fully saturated rings. The normalized spacial score (nSPS) is 10.6. The van der Waals surface area contributed by atoms with Crippen LogP contribution in [-0.4, -0.2) is 28.7 Å². The molecule has 0 aromatic heterocycles. The van der Waals surface area contributed by atoms with Crippen molar-refractivity contribution in [2.45, 2.75) is 19.4 Å². The van der Waals surface area contributed by atoms with Gasteiger partial charge in [0.05, 0.1) is 12.1 Å². The van der Waals surface area contributed by atoms with Crippen LogP contribution in [0.4, 0.5) is 0 Å². The predicted molar refractivity (Wildman–Crippen MR) is 33.9 cm³/mol. The molecule has 0 atom stereocenters. The average molecular weight is 142 g/mol. The maximum atomic E-state index is 9.60. The van der Waals surface area contributed by atoms with Gasteiger partial charge in [-0.2, -0.15) is 0 Å². The third-order valence-electron chi connectivity index (χ3n) is 0.801. The monoisotopic (exact) mass is 142 g/mol. The fraction of sp³-hybridized carbons (Fsp3) is 0.800. The first-order valence-corrected chi connectivity index (χ1v) is 2.91. The Labute approximate surface area is 57.7 Å². The van der Waals surface area contributed by atoms with Crippen molar-refractivity contribution in [2.24, 2.45) is 4.99 Å². The van der Waals surface area contributed by atoms with Gasteiger partial charge in [-0.25, -0.2) is 9.79 Å². The lowest BCUT2D eigenvalue weighted by Gasteiger charge is -2.18. The lowest BCUT2D eigenvalue weighted by Crippen LogP contribution is -2.26. The van der Waals surface area contributed by atoms with E-state index in [1.165, 1.54) is 6.08 Å². The van der Waals surface area contributed by atoms with Crippen LogP contribution in [0.5, 0.6) is 0 Å². The quantitative estimate of drug-likeness (QED) is 0.321. The highest BCUT2D eigenvalue weighted by molar-refractivity contribution is 5.98. The average Bonchev–Trinajstić information content (AvgIpc) is 1.84. The van der Waals surface area contributed by atoms with Crippen molar-refractivity contribution in [2.75, 3.05) is 6.54 Å². The molecule has 0 N–H and O–H groups in total. The molecule has 0 spiro atoms. The Morgan fingerprint density at radius 3 is 2.67 bits per heavy atom. The van der Waals surface area contributed by atoms with Gasteiger partial charge in [0.2, 0.25) is 16.6 Å². The molecule has 3 radical (unpaired) electrons. The highest BCUT2D eigenvalue weighted by atomic mass is 28.2. The molecule has 0 saturated heterocycles. The minimum Gasteiger partial charge on any atom is -0.412 e. The van der Waals surface area contributed by atoms with E-state index in [0.717, 1.165) is 0 Å². The molecular formula is C5H8NO2Si. The summed E-state index contributed by atoms with van der Waals surface area (Å²) in [5.74, 6) is 0. The van der Waals surface area contributed by atoms with Crippen molar-refractivity contribution in [1.82, 2.24) is 0 Å². The number of hydrogen-bond acceptors (Lipinski definition) is 3. The van der Waals surface area contributed by atoms with E-state index in [9.17, 15) is 4.79 Å². The Kier molecular flexibility index (Phi) is 3.38. The molecule has 0 aliphatic heterocycles. The van der Waals surface area contributed by atoms with Crippen molar-refractivity contribution < 1.29 is 9.22 Å². The fourth-order valence-electron chi connectivity index (χ4n) is 0.255. The molecule has 4 heteroatoms. The summed E-state index contributed by atoms with van der Waals surface area (Å²) in [4.78, 5) is 13.0. The van der Waals surface area contributed by atoms with E-state index in [4.69, 9.17) is 4.43 Å². The van der Waals surface area contributed by atoms with Gasteiger partial charge in [0.1, 0.15) is 0 Å². The standard InChI is InChI=1S/C5H8NO2Si/c1-5(2,8-9)3-6-4-7/h3H2,1-2H3. The second-order valence-electron chi connectivity index (χ2n) is 2.27. The van der Waals surface area contributed by atoms with E-state index in [2.05, 4.69) is 15.5 Å². The summed E-state index contributed by atoms with van der Waals surface area (Å²) >= 11 is 0. The third-order valence-corrected chi connectivity index (χ3v) is 1.35. The van der Waals surface area contributed by atoms with Gasteiger partial charge >= 0.3 is 0 Å². The number of nitrogens with zero attached hydrogens (tertiary/aromatic N) is 1. The minimum absolute atomic E-state index is 0.319. The summed E-state index contributed by atoms with van der Waals surface area (Å²) in [7, 11) is 2.86. The number of aliphatic imine (C=N–C) groups is 1. The topological polar surface area (TPSA) is 38.7 Å². The Hall–Kier alpha value is -0.443. The van der Waals surface area contributed by atoms with Crippen LogP contribution in [-0.2, 0) is 9.22 Å². The van der Waals surface area contributed by atoms with Crippen molar-refractivity contribution in [3.05, 3.63) is 0 Å². The van der Waals surface area contributed by atoms with Crippen molar-refractivity contribution in [3.8, 4) is 0 Å². The maximum Gasteiger partial charge on any atom is 0.247 e. The molecule has 0 aromatic carbocycles. The van der Waals surface area contributed by atoms with Crippen LogP contribution < -0.4 is 0 Å². The zero-order chi connectivity index (χ0) is 7.33. The molecule has 0 aromatic rings. The van der Waals surface area contributed by atoms with Crippen LogP contribution >= 0.6 is 0 Å². The Morgan fingerprint density at radius 2 is 2.33 bits per heavy atom. The van der Waals surface area contributed by atoms with E-state index < -0.39 is 5.60 Å². The maximum absolute atomic E-state index is 9.60. The summed E-state index contributed by atoms with van der Waals surface area (Å²) < 4.78 is 4.77. The molecule has 0 amide bonds. The van der Waals surface area contributed by atoms with Gasteiger partial charge in [-0.3, -0.25) is 0 Å². The first kappa shape index (κ1) is 8.56. The van der Waals surface area contributed by atoms with E-state index in [1.807, 2.05) is 0 Å². The molecular weight excluding hydrogens is 134 g/mol. The van der Waals surface area contributed by atoms with Crippen LogP contribution in [0.15, 0.2) is 4.99 Å². The molecule has 0 rings (SSSR count). The first-order valence-electron chi connectivity index (χ1n) is 2.51. The highest BCUT2D eigenvalue weighted by Gasteiger charge is 2.13. The summed E-state index contributed by atoms with van der Waals surface area (Å²) in [5.41, 5.74) is -0.422. The van der Waals surface area contributed by atoms with E-state index >= 15 is 0 Å². The van der Waals surface area contributed by atoms with Gasteiger partial charge in [-0.05, 0) is 13.8 Å². The number of isocyanates is 1. The lowest BCUT2D eigenvalue weighted by molar-refractivity contribution is 0.134. The molecule has 0 unspecified atom stereocenters. The number of rotatable bonds is 3. The summed E-state index contributed by atoms with van der Waals surface area (Å²) in [5, 5.41) is 0. The molecule has 9 heavy (non-hydrogen) atoms. The van der Waals surface area contributed by atoms with E-state index in [-0.39, 0.29) is 0 Å². The molecule has 0 bridgehead atoms. The second kappa shape index (κ2) is 3.56. The Balaban J connectivity index is 3.71. The molecule has 0 aliphatic rings. The van der Waals surface area contributed by atoms with Crippen molar-refractivity contribution >= 4 is 16.6 Å². The van der Waals surface area contributed by atoms with Gasteiger partial charge in [-0.1, -0.05) is 0 Å². The molecule has 49 valence electrons. The summed E-state index contributed by atoms with van der Waals surface area (Å²) in [6, 6.07) is 0. The predicted octanol–water partition coefficient (Wildman–Crippen LogP) is 0.201. The number of hydrogen-bond donors (Lipinski definition) is 0. The molecule has 0 saturated carbocycles. The zero-order valence-electron chi connectivity index (χ0n) is 5.47. The summed E-state index contributed by atoms with van der Waals surface area (Å²) in [6.45, 7) is 3.93. The molecule has 0 aliphatic carbocycles. The van der Waals surface area contributed by atoms with E-state index in [0.29, 0.717) is 6.54 Å². The molecule has 3 nitrogen and oxygen atoms in total. The highest BCUT2D eigenvalue weighted by Crippen LogP contribution is 2.05. The molecule has 0 heterocycles. The van der Waals surface area contributed by atoms with Crippen LogP contribution in [0.3, 0.4) is 0 Å². The van der Waals surface area contributed by atoms with Crippen LogP contribution in [0.2, 0.25) is 0 Å². The second-order valence-corrected chi connectivity index (χ2v) is 2.47. The van der Waals surface area contributed by atoms with Gasteiger partial charge in [-0.15, -0.1) is 0 Å². The van der Waals surface area contributed by atoms with Crippen molar-refractivity contribution in [1.29, 1.82) is 0 Å². The van der Waals surface area contributed by atoms with Gasteiger partial charge in [0.15, 0.2) is 0 Å². The van der Waals surface area contributed by atoms with Crippen LogP contribution in [0, 0.1) is 0 Å². The zero-order valence-corrected chi connectivity index (χ0v) is 6.47. The fourth-order valence-corrected chi connectivity index (χ4v) is 0.319. The van der Waals surface area contributed by atoms with E-state index in [1.54, 1.807) is 13.8 Å². The SMILES string of the molecule is CC(C)(CN=C=O)O[Si]. The van der Waals surface area contributed by atoms with Gasteiger partial charge in [0.25, 0.3) is 0 Å². The lowest BCUT2D eigenvalue weighted by atomic mass is 10.1. The summed E-state index contributed by atoms with van der Waals surface area (Å²) in [6.07, 6.45) is 1.43. The minimum atomic E-state index is -0.422. The van der Waals surface area contributed by atoms with Gasteiger partial charge < -0.3 is 4.43 Å². The van der Waals surface area contributed by atoms with Crippen LogP contribution in [0.1, 0.15) is 13.8 Å². The Morgan fingerprint density at radius 1 is 1.78 bits per heavy atom. The van der Waals surface area contributed by atoms with Crippen LogP contribution in [0.25, 0.3) is 0 Å². The first-order chi connectivity index (χ1) is 4.12. The number of carbonyl (C=O) groups excluding carboxylic acids is 1. The Bertz CT molecular complexity index is 129. The van der Waals surface area contributed by atoms with Crippen molar-refractivity contribution in [3.63, 3.8) is 0 Å². The van der Waals surface area contributed by atoms with Gasteiger partial charge in [0, 0.05) is 0 Å². The third kappa shape index (κ3) is 4.09.